The standard InChI is InChI=1S/C18H17F2NO2/c1-18(23,14-5-9-16(20)10-6-14)12-21-17(22)11-4-13-2-7-15(19)8-3-13/h2-11,23H,12H2,1H3,(H,21,22)/b11-4+. The van der Waals surface area contributed by atoms with Gasteiger partial charge in [-0.05, 0) is 48.4 Å². The molecule has 1 unspecified atom stereocenters. The summed E-state index contributed by atoms with van der Waals surface area (Å²) in [6, 6.07) is 11.1. The van der Waals surface area contributed by atoms with Crippen LogP contribution in [0, 0.1) is 11.6 Å². The lowest BCUT2D eigenvalue weighted by molar-refractivity contribution is -0.117. The van der Waals surface area contributed by atoms with Crippen molar-refractivity contribution in [3.05, 3.63) is 77.4 Å². The zero-order chi connectivity index (χ0) is 16.9. The summed E-state index contributed by atoms with van der Waals surface area (Å²) < 4.78 is 25.7. The van der Waals surface area contributed by atoms with Gasteiger partial charge in [-0.15, -0.1) is 0 Å². The third-order valence-corrected chi connectivity index (χ3v) is 3.37. The molecular weight excluding hydrogens is 300 g/mol. The van der Waals surface area contributed by atoms with E-state index >= 15 is 0 Å². The quantitative estimate of drug-likeness (QED) is 0.833. The number of carbonyl (C=O) groups is 1. The molecule has 2 aromatic carbocycles. The Bertz CT molecular complexity index is 692. The highest BCUT2D eigenvalue weighted by molar-refractivity contribution is 5.91. The van der Waals surface area contributed by atoms with E-state index < -0.39 is 17.3 Å². The molecule has 0 heterocycles. The van der Waals surface area contributed by atoms with Crippen LogP contribution >= 0.6 is 0 Å². The van der Waals surface area contributed by atoms with Crippen LogP contribution in [0.25, 0.3) is 6.08 Å². The fraction of sp³-hybridized carbons (Fsp3) is 0.167. The molecule has 1 amide bonds. The van der Waals surface area contributed by atoms with Crippen LogP contribution in [-0.2, 0) is 10.4 Å². The van der Waals surface area contributed by atoms with Crippen molar-refractivity contribution < 1.29 is 18.7 Å². The SMILES string of the molecule is CC(O)(CNC(=O)/C=C/c1ccc(F)cc1)c1ccc(F)cc1. The van der Waals surface area contributed by atoms with Crippen LogP contribution < -0.4 is 5.32 Å². The van der Waals surface area contributed by atoms with E-state index in [4.69, 9.17) is 0 Å². The molecule has 0 saturated carbocycles. The van der Waals surface area contributed by atoms with Gasteiger partial charge in [-0.3, -0.25) is 4.79 Å². The van der Waals surface area contributed by atoms with E-state index in [0.717, 1.165) is 0 Å². The van der Waals surface area contributed by atoms with Gasteiger partial charge >= 0.3 is 0 Å². The van der Waals surface area contributed by atoms with E-state index in [2.05, 4.69) is 5.32 Å². The van der Waals surface area contributed by atoms with Crippen molar-refractivity contribution in [1.29, 1.82) is 0 Å². The van der Waals surface area contributed by atoms with Gasteiger partial charge < -0.3 is 10.4 Å². The van der Waals surface area contributed by atoms with Crippen molar-refractivity contribution in [2.45, 2.75) is 12.5 Å². The molecular formula is C18H17F2NO2. The predicted molar refractivity (Wildman–Crippen MR) is 84.4 cm³/mol. The lowest BCUT2D eigenvalue weighted by atomic mass is 9.96. The molecule has 0 bridgehead atoms. The largest absolute Gasteiger partial charge is 0.384 e. The molecule has 0 saturated heterocycles. The summed E-state index contributed by atoms with van der Waals surface area (Å²) in [4.78, 5) is 11.8. The molecule has 5 heteroatoms. The molecule has 2 rings (SSSR count). The fourth-order valence-corrected chi connectivity index (χ4v) is 1.97. The number of aliphatic hydroxyl groups is 1. The Morgan fingerprint density at radius 1 is 1.09 bits per heavy atom. The summed E-state index contributed by atoms with van der Waals surface area (Å²) in [5.74, 6) is -1.13. The van der Waals surface area contributed by atoms with Crippen LogP contribution in [0.1, 0.15) is 18.1 Å². The maximum atomic E-state index is 12.9. The molecule has 0 aromatic heterocycles. The van der Waals surface area contributed by atoms with Gasteiger partial charge in [-0.2, -0.15) is 0 Å². The van der Waals surface area contributed by atoms with Crippen LogP contribution in [0.15, 0.2) is 54.6 Å². The van der Waals surface area contributed by atoms with Crippen molar-refractivity contribution in [3.63, 3.8) is 0 Å². The van der Waals surface area contributed by atoms with Crippen LogP contribution in [0.4, 0.5) is 8.78 Å². The number of hydrogen-bond acceptors (Lipinski definition) is 2. The van der Waals surface area contributed by atoms with E-state index in [9.17, 15) is 18.7 Å². The number of amides is 1. The highest BCUT2D eigenvalue weighted by atomic mass is 19.1. The minimum atomic E-state index is -1.31. The van der Waals surface area contributed by atoms with Crippen molar-refractivity contribution in [2.24, 2.45) is 0 Å². The number of halogens is 2. The van der Waals surface area contributed by atoms with Crippen LogP contribution in [0.5, 0.6) is 0 Å². The van der Waals surface area contributed by atoms with Gasteiger partial charge in [0.1, 0.15) is 17.2 Å². The van der Waals surface area contributed by atoms with Gasteiger partial charge in [0.2, 0.25) is 5.91 Å². The first-order chi connectivity index (χ1) is 10.9. The Morgan fingerprint density at radius 2 is 1.61 bits per heavy atom. The molecule has 0 radical (unpaired) electrons. The fourth-order valence-electron chi connectivity index (χ4n) is 1.97. The number of nitrogens with one attached hydrogen (secondary N) is 1. The van der Waals surface area contributed by atoms with Gasteiger partial charge in [0.05, 0.1) is 6.54 Å². The van der Waals surface area contributed by atoms with Gasteiger partial charge in [-0.1, -0.05) is 24.3 Å². The molecule has 2 N–H and O–H groups in total. The first-order valence-electron chi connectivity index (χ1n) is 7.07. The third-order valence-electron chi connectivity index (χ3n) is 3.37. The maximum Gasteiger partial charge on any atom is 0.244 e. The van der Waals surface area contributed by atoms with E-state index in [1.165, 1.54) is 49.4 Å². The smallest absolute Gasteiger partial charge is 0.244 e. The van der Waals surface area contributed by atoms with Crippen molar-refractivity contribution in [1.82, 2.24) is 5.32 Å². The zero-order valence-corrected chi connectivity index (χ0v) is 12.6. The Kier molecular flexibility index (Phi) is 5.24. The molecule has 0 spiro atoms. The van der Waals surface area contributed by atoms with Gasteiger partial charge in [0.25, 0.3) is 0 Å². The second-order valence-electron chi connectivity index (χ2n) is 5.38. The van der Waals surface area contributed by atoms with Crippen LogP contribution in [0.2, 0.25) is 0 Å². The maximum absolute atomic E-state index is 12.9. The topological polar surface area (TPSA) is 49.3 Å². The molecule has 0 aliphatic carbocycles. The number of hydrogen-bond donors (Lipinski definition) is 2. The molecule has 2 aromatic rings. The molecule has 0 aliphatic heterocycles. The van der Waals surface area contributed by atoms with Gasteiger partial charge in [0.15, 0.2) is 0 Å². The summed E-state index contributed by atoms with van der Waals surface area (Å²) in [6.45, 7) is 1.51. The Hall–Kier alpha value is -2.53. The van der Waals surface area contributed by atoms with E-state index in [1.807, 2.05) is 0 Å². The summed E-state index contributed by atoms with van der Waals surface area (Å²) in [5.41, 5.74) is -0.124. The normalized spacial score (nSPS) is 13.7. The molecule has 1 atom stereocenters. The third kappa shape index (κ3) is 5.00. The minimum absolute atomic E-state index is 0.0226. The van der Waals surface area contributed by atoms with E-state index in [0.29, 0.717) is 11.1 Å². The molecule has 0 fully saturated rings. The summed E-state index contributed by atoms with van der Waals surface area (Å²) >= 11 is 0. The van der Waals surface area contributed by atoms with E-state index in [-0.39, 0.29) is 12.4 Å². The molecule has 0 aliphatic rings. The Labute approximate surface area is 133 Å². The Morgan fingerprint density at radius 3 is 2.17 bits per heavy atom. The highest BCUT2D eigenvalue weighted by Gasteiger charge is 2.23. The second kappa shape index (κ2) is 7.15. The van der Waals surface area contributed by atoms with Crippen LogP contribution in [-0.4, -0.2) is 17.6 Å². The monoisotopic (exact) mass is 317 g/mol. The Balaban J connectivity index is 1.92. The summed E-state index contributed by atoms with van der Waals surface area (Å²) in [5, 5.41) is 12.9. The molecule has 120 valence electrons. The predicted octanol–water partition coefficient (Wildman–Crippen LogP) is 3.00. The molecule has 3 nitrogen and oxygen atoms in total. The lowest BCUT2D eigenvalue weighted by Gasteiger charge is -2.23. The first kappa shape index (κ1) is 16.8. The van der Waals surface area contributed by atoms with Gasteiger partial charge in [0, 0.05) is 6.08 Å². The minimum Gasteiger partial charge on any atom is -0.384 e. The molecule has 23 heavy (non-hydrogen) atoms. The number of carbonyl (C=O) groups excluding carboxylic acids is 1. The average Bonchev–Trinajstić information content (AvgIpc) is 2.53. The summed E-state index contributed by atoms with van der Waals surface area (Å²) in [6.07, 6.45) is 2.84. The average molecular weight is 317 g/mol. The van der Waals surface area contributed by atoms with Crippen molar-refractivity contribution in [3.8, 4) is 0 Å². The number of rotatable bonds is 5. The van der Waals surface area contributed by atoms with Gasteiger partial charge in [-0.25, -0.2) is 8.78 Å². The second-order valence-corrected chi connectivity index (χ2v) is 5.38. The lowest BCUT2D eigenvalue weighted by Crippen LogP contribution is -2.37. The number of benzene rings is 2. The van der Waals surface area contributed by atoms with Crippen LogP contribution in [0.3, 0.4) is 0 Å². The first-order valence-corrected chi connectivity index (χ1v) is 7.07. The van der Waals surface area contributed by atoms with Crippen molar-refractivity contribution in [2.75, 3.05) is 6.54 Å². The van der Waals surface area contributed by atoms with Crippen molar-refractivity contribution >= 4 is 12.0 Å². The highest BCUT2D eigenvalue weighted by Crippen LogP contribution is 2.19. The van der Waals surface area contributed by atoms with E-state index in [1.54, 1.807) is 18.2 Å². The zero-order valence-electron chi connectivity index (χ0n) is 12.6. The summed E-state index contributed by atoms with van der Waals surface area (Å²) in [7, 11) is 0.